The van der Waals surface area contributed by atoms with Crippen LogP contribution < -0.4 is 5.73 Å². The zero-order valence-electron chi connectivity index (χ0n) is 9.50. The van der Waals surface area contributed by atoms with Crippen LogP contribution in [0.15, 0.2) is 9.85 Å². The van der Waals surface area contributed by atoms with E-state index in [1.54, 1.807) is 11.3 Å². The molecule has 2 N–H and O–H groups in total. The molecule has 0 amide bonds. The van der Waals surface area contributed by atoms with Gasteiger partial charge in [-0.25, -0.2) is 0 Å². The van der Waals surface area contributed by atoms with Gasteiger partial charge in [-0.1, -0.05) is 6.92 Å². The highest BCUT2D eigenvalue weighted by atomic mass is 79.9. The lowest BCUT2D eigenvalue weighted by Crippen LogP contribution is -1.90. The van der Waals surface area contributed by atoms with Crippen molar-refractivity contribution in [3.63, 3.8) is 0 Å². The molecule has 0 spiro atoms. The van der Waals surface area contributed by atoms with E-state index in [4.69, 9.17) is 11.0 Å². The van der Waals surface area contributed by atoms with Crippen molar-refractivity contribution in [2.75, 3.05) is 5.73 Å². The minimum Gasteiger partial charge on any atom is -0.397 e. The molecule has 2 rings (SSSR count). The van der Waals surface area contributed by atoms with Gasteiger partial charge >= 0.3 is 0 Å². The second-order valence-corrected chi connectivity index (χ2v) is 7.08. The summed E-state index contributed by atoms with van der Waals surface area (Å²) >= 11 is 6.71. The number of hydrogen-bond donors (Lipinski definition) is 1. The molecule has 2 aromatic rings. The number of anilines is 1. The van der Waals surface area contributed by atoms with Gasteiger partial charge in [-0.2, -0.15) is 5.26 Å². The third-order valence-electron chi connectivity index (χ3n) is 2.58. The van der Waals surface area contributed by atoms with Crippen molar-refractivity contribution < 1.29 is 0 Å². The Bertz CT molecular complexity index is 585. The number of hydrogen-bond acceptors (Lipinski definition) is 4. The maximum atomic E-state index is 9.03. The Kier molecular flexibility index (Phi) is 3.57. The largest absolute Gasteiger partial charge is 0.397 e. The summed E-state index contributed by atoms with van der Waals surface area (Å²) < 4.78 is 1.14. The number of nitrogens with zero attached hydrogens (tertiary/aromatic N) is 1. The molecule has 88 valence electrons. The lowest BCUT2D eigenvalue weighted by Gasteiger charge is -1.98. The van der Waals surface area contributed by atoms with Gasteiger partial charge in [0.05, 0.1) is 14.4 Å². The van der Waals surface area contributed by atoms with Crippen molar-refractivity contribution in [3.8, 4) is 15.8 Å². The summed E-state index contributed by atoms with van der Waals surface area (Å²) in [5.41, 5.74) is 8.96. The van der Waals surface area contributed by atoms with Gasteiger partial charge in [-0.3, -0.25) is 0 Å². The normalized spacial score (nSPS) is 10.5. The van der Waals surface area contributed by atoms with Gasteiger partial charge in [0.15, 0.2) is 0 Å². The van der Waals surface area contributed by atoms with Crippen LogP contribution in [0.5, 0.6) is 0 Å². The first-order chi connectivity index (χ1) is 8.08. The van der Waals surface area contributed by atoms with E-state index in [1.165, 1.54) is 21.8 Å². The molecule has 2 heterocycles. The van der Waals surface area contributed by atoms with Gasteiger partial charge < -0.3 is 5.73 Å². The molecule has 2 nitrogen and oxygen atoms in total. The van der Waals surface area contributed by atoms with Crippen LogP contribution in [-0.4, -0.2) is 0 Å². The molecule has 0 bridgehead atoms. The van der Waals surface area contributed by atoms with Crippen LogP contribution in [0, 0.1) is 18.3 Å². The van der Waals surface area contributed by atoms with E-state index >= 15 is 0 Å². The number of thiophene rings is 2. The Morgan fingerprint density at radius 3 is 2.65 bits per heavy atom. The summed E-state index contributed by atoms with van der Waals surface area (Å²) in [6, 6.07) is 4.31. The average Bonchev–Trinajstić information content (AvgIpc) is 2.80. The summed E-state index contributed by atoms with van der Waals surface area (Å²) in [7, 11) is 0. The SMILES string of the molecule is CCc1c(-c2cc(C)c(Br)s2)sc(C#N)c1N. The number of aryl methyl sites for hydroxylation is 1. The van der Waals surface area contributed by atoms with E-state index in [2.05, 4.69) is 41.9 Å². The summed E-state index contributed by atoms with van der Waals surface area (Å²) in [6.45, 7) is 4.14. The molecule has 2 aromatic heterocycles. The van der Waals surface area contributed by atoms with E-state index in [0.717, 1.165) is 20.6 Å². The molecule has 0 unspecified atom stereocenters. The molecule has 0 saturated heterocycles. The van der Waals surface area contributed by atoms with Crippen molar-refractivity contribution >= 4 is 44.3 Å². The standard InChI is InChI=1S/C12H11BrN2S2/c1-3-7-10(15)9(5-14)16-11(7)8-4-6(2)12(13)17-8/h4H,3,15H2,1-2H3. The number of rotatable bonds is 2. The average molecular weight is 327 g/mol. The van der Waals surface area contributed by atoms with Gasteiger partial charge in [-0.15, -0.1) is 22.7 Å². The van der Waals surface area contributed by atoms with Crippen LogP contribution in [0.3, 0.4) is 0 Å². The molecule has 0 aliphatic heterocycles. The Morgan fingerprint density at radius 2 is 2.18 bits per heavy atom. The zero-order chi connectivity index (χ0) is 12.6. The Balaban J connectivity index is 2.63. The fourth-order valence-electron chi connectivity index (χ4n) is 1.68. The molecule has 0 fully saturated rings. The van der Waals surface area contributed by atoms with E-state index < -0.39 is 0 Å². The highest BCUT2D eigenvalue weighted by molar-refractivity contribution is 9.11. The lowest BCUT2D eigenvalue weighted by atomic mass is 10.1. The van der Waals surface area contributed by atoms with Crippen molar-refractivity contribution in [1.82, 2.24) is 0 Å². The van der Waals surface area contributed by atoms with Crippen LogP contribution in [-0.2, 0) is 6.42 Å². The third kappa shape index (κ3) is 2.13. The number of nitriles is 1. The van der Waals surface area contributed by atoms with E-state index in [1.807, 2.05) is 0 Å². The predicted octanol–water partition coefficient (Wildman–Crippen LogP) is 4.56. The molecule has 5 heteroatoms. The zero-order valence-corrected chi connectivity index (χ0v) is 12.7. The first-order valence-electron chi connectivity index (χ1n) is 5.16. The van der Waals surface area contributed by atoms with Gasteiger partial charge in [0.1, 0.15) is 10.9 Å². The Labute approximate surface area is 117 Å². The molecule has 0 radical (unpaired) electrons. The molecular weight excluding hydrogens is 316 g/mol. The van der Waals surface area contributed by atoms with Gasteiger partial charge in [0, 0.05) is 4.88 Å². The predicted molar refractivity (Wildman–Crippen MR) is 78.6 cm³/mol. The number of nitrogen functional groups attached to an aromatic ring is 1. The Morgan fingerprint density at radius 1 is 1.47 bits per heavy atom. The second kappa shape index (κ2) is 4.81. The van der Waals surface area contributed by atoms with Gasteiger partial charge in [0.25, 0.3) is 0 Å². The van der Waals surface area contributed by atoms with Crippen molar-refractivity contribution in [1.29, 1.82) is 5.26 Å². The minimum absolute atomic E-state index is 0.624. The highest BCUT2D eigenvalue weighted by Crippen LogP contribution is 2.43. The molecular formula is C12H11BrN2S2. The van der Waals surface area contributed by atoms with Crippen LogP contribution in [0.2, 0.25) is 0 Å². The molecule has 17 heavy (non-hydrogen) atoms. The van der Waals surface area contributed by atoms with Crippen LogP contribution >= 0.6 is 38.6 Å². The minimum atomic E-state index is 0.624. The first-order valence-corrected chi connectivity index (χ1v) is 7.58. The molecule has 0 aromatic carbocycles. The van der Waals surface area contributed by atoms with Crippen molar-refractivity contribution in [3.05, 3.63) is 25.9 Å². The summed E-state index contributed by atoms with van der Waals surface area (Å²) in [4.78, 5) is 2.95. The maximum Gasteiger partial charge on any atom is 0.128 e. The van der Waals surface area contributed by atoms with Crippen LogP contribution in [0.1, 0.15) is 22.9 Å². The number of halogens is 1. The van der Waals surface area contributed by atoms with Crippen molar-refractivity contribution in [2.24, 2.45) is 0 Å². The highest BCUT2D eigenvalue weighted by Gasteiger charge is 2.17. The molecule has 0 saturated carbocycles. The second-order valence-electron chi connectivity index (χ2n) is 3.69. The van der Waals surface area contributed by atoms with E-state index in [0.29, 0.717) is 10.6 Å². The van der Waals surface area contributed by atoms with E-state index in [-0.39, 0.29) is 0 Å². The fraction of sp³-hybridized carbons (Fsp3) is 0.250. The summed E-state index contributed by atoms with van der Waals surface area (Å²) in [5, 5.41) is 9.03. The monoisotopic (exact) mass is 326 g/mol. The smallest absolute Gasteiger partial charge is 0.128 e. The fourth-order valence-corrected chi connectivity index (χ4v) is 4.45. The maximum absolute atomic E-state index is 9.03. The van der Waals surface area contributed by atoms with Crippen LogP contribution in [0.25, 0.3) is 9.75 Å². The van der Waals surface area contributed by atoms with Gasteiger partial charge in [-0.05, 0) is 46.5 Å². The van der Waals surface area contributed by atoms with E-state index in [9.17, 15) is 0 Å². The summed E-state index contributed by atoms with van der Waals surface area (Å²) in [6.07, 6.45) is 0.855. The lowest BCUT2D eigenvalue weighted by molar-refractivity contribution is 1.16. The quantitative estimate of drug-likeness (QED) is 0.879. The topological polar surface area (TPSA) is 49.8 Å². The Hall–Kier alpha value is -0.830. The molecule has 0 aliphatic rings. The third-order valence-corrected chi connectivity index (χ3v) is 6.05. The first kappa shape index (κ1) is 12.6. The molecule has 0 aliphatic carbocycles. The number of nitrogens with two attached hydrogens (primary N) is 1. The summed E-state index contributed by atoms with van der Waals surface area (Å²) in [5.74, 6) is 0. The van der Waals surface area contributed by atoms with Crippen LogP contribution in [0.4, 0.5) is 5.69 Å². The molecule has 0 atom stereocenters. The van der Waals surface area contributed by atoms with Gasteiger partial charge in [0.2, 0.25) is 0 Å². The van der Waals surface area contributed by atoms with Crippen molar-refractivity contribution in [2.45, 2.75) is 20.3 Å².